The van der Waals surface area contributed by atoms with Gasteiger partial charge < -0.3 is 14.8 Å². The number of hydrogen-bond acceptors (Lipinski definition) is 5. The molecule has 0 aliphatic carbocycles. The Morgan fingerprint density at radius 1 is 1.19 bits per heavy atom. The van der Waals surface area contributed by atoms with Crippen LogP contribution in [0.15, 0.2) is 48.8 Å². The highest BCUT2D eigenvalue weighted by Gasteiger charge is 2.21. The molecule has 6 heteroatoms. The van der Waals surface area contributed by atoms with Gasteiger partial charge in [-0.2, -0.15) is 0 Å². The third kappa shape index (κ3) is 3.84. The van der Waals surface area contributed by atoms with Crippen molar-refractivity contribution < 1.29 is 14.3 Å². The molecule has 3 aromatic rings. The molecule has 6 nitrogen and oxygen atoms in total. The molecule has 2 aromatic heterocycles. The lowest BCUT2D eigenvalue weighted by atomic mass is 10.0. The number of amides is 1. The van der Waals surface area contributed by atoms with Crippen molar-refractivity contribution in [1.82, 2.24) is 15.3 Å². The zero-order chi connectivity index (χ0) is 18.6. The fourth-order valence-corrected chi connectivity index (χ4v) is 3.31. The van der Waals surface area contributed by atoms with Crippen LogP contribution in [0.25, 0.3) is 22.0 Å². The molecular formula is C21H21N3O3. The van der Waals surface area contributed by atoms with E-state index in [0.29, 0.717) is 24.8 Å². The summed E-state index contributed by atoms with van der Waals surface area (Å²) < 4.78 is 11.2. The van der Waals surface area contributed by atoms with Gasteiger partial charge in [-0.3, -0.25) is 9.78 Å². The van der Waals surface area contributed by atoms with E-state index in [1.165, 1.54) is 0 Å². The number of nitrogens with zero attached hydrogens (tertiary/aromatic N) is 2. The lowest BCUT2D eigenvalue weighted by molar-refractivity contribution is -0.119. The molecule has 1 aromatic carbocycles. The van der Waals surface area contributed by atoms with Crippen molar-refractivity contribution in [2.75, 3.05) is 20.3 Å². The molecule has 1 atom stereocenters. The largest absolute Gasteiger partial charge is 0.493 e. The number of nitrogens with one attached hydrogen (secondary N) is 1. The van der Waals surface area contributed by atoms with Crippen LogP contribution in [0.4, 0.5) is 0 Å². The third-order valence-corrected chi connectivity index (χ3v) is 4.81. The van der Waals surface area contributed by atoms with Crippen LogP contribution in [-0.4, -0.2) is 36.1 Å². The number of fused-ring (bicyclic) bond motifs is 1. The van der Waals surface area contributed by atoms with E-state index in [2.05, 4.69) is 15.3 Å². The smallest absolute Gasteiger partial charge is 0.220 e. The van der Waals surface area contributed by atoms with Gasteiger partial charge in [-0.05, 0) is 48.2 Å². The summed E-state index contributed by atoms with van der Waals surface area (Å²) in [4.78, 5) is 20.1. The van der Waals surface area contributed by atoms with Crippen LogP contribution >= 0.6 is 0 Å². The molecule has 3 heterocycles. The molecule has 1 aliphatic rings. The summed E-state index contributed by atoms with van der Waals surface area (Å²) in [6.45, 7) is 1.30. The van der Waals surface area contributed by atoms with Crippen LogP contribution in [0.5, 0.6) is 11.6 Å². The minimum absolute atomic E-state index is 0.128. The lowest BCUT2D eigenvalue weighted by Gasteiger charge is -2.13. The molecule has 1 aliphatic heterocycles. The van der Waals surface area contributed by atoms with Gasteiger partial charge in [-0.1, -0.05) is 0 Å². The minimum atomic E-state index is 0.128. The molecule has 27 heavy (non-hydrogen) atoms. The Morgan fingerprint density at radius 3 is 2.85 bits per heavy atom. The fraction of sp³-hybridized carbons (Fsp3) is 0.286. The SMILES string of the molecule is COc1ccc(-c2cc(OCC[C@H]3CNC(=O)C3)c3cccnc3c2)cn1. The van der Waals surface area contributed by atoms with E-state index < -0.39 is 0 Å². The van der Waals surface area contributed by atoms with Gasteiger partial charge in [0.2, 0.25) is 11.8 Å². The molecule has 0 spiro atoms. The molecule has 0 unspecified atom stereocenters. The van der Waals surface area contributed by atoms with E-state index in [-0.39, 0.29) is 5.91 Å². The van der Waals surface area contributed by atoms with Gasteiger partial charge in [0.1, 0.15) is 5.75 Å². The van der Waals surface area contributed by atoms with Crippen molar-refractivity contribution in [2.45, 2.75) is 12.8 Å². The van der Waals surface area contributed by atoms with Gasteiger partial charge in [0, 0.05) is 42.4 Å². The molecule has 4 rings (SSSR count). The van der Waals surface area contributed by atoms with Crippen molar-refractivity contribution in [3.8, 4) is 22.8 Å². The van der Waals surface area contributed by atoms with Gasteiger partial charge in [0.15, 0.2) is 0 Å². The van der Waals surface area contributed by atoms with E-state index in [9.17, 15) is 4.79 Å². The Labute approximate surface area is 157 Å². The molecule has 0 bridgehead atoms. The number of pyridine rings is 2. The van der Waals surface area contributed by atoms with Crippen LogP contribution in [0.2, 0.25) is 0 Å². The first kappa shape index (κ1) is 17.3. The van der Waals surface area contributed by atoms with E-state index in [4.69, 9.17) is 9.47 Å². The molecule has 1 fully saturated rings. The van der Waals surface area contributed by atoms with E-state index in [1.807, 2.05) is 36.4 Å². The molecule has 0 radical (unpaired) electrons. The summed E-state index contributed by atoms with van der Waals surface area (Å²) >= 11 is 0. The Balaban J connectivity index is 1.59. The molecule has 0 saturated carbocycles. The standard InChI is InChI=1S/C21H21N3O3/c1-26-21-5-4-15(13-24-21)16-10-18-17(3-2-7-22-18)19(11-16)27-8-6-14-9-20(25)23-12-14/h2-5,7,10-11,13-14H,6,8-9,12H2,1H3,(H,23,25)/t14-/m1/s1. The van der Waals surface area contributed by atoms with Crippen LogP contribution in [0, 0.1) is 5.92 Å². The van der Waals surface area contributed by atoms with Crippen LogP contribution in [0.3, 0.4) is 0 Å². The second-order valence-electron chi connectivity index (χ2n) is 6.65. The Bertz CT molecular complexity index is 957. The van der Waals surface area contributed by atoms with Gasteiger partial charge >= 0.3 is 0 Å². The van der Waals surface area contributed by atoms with Crippen LogP contribution < -0.4 is 14.8 Å². The van der Waals surface area contributed by atoms with E-state index >= 15 is 0 Å². The van der Waals surface area contributed by atoms with Crippen molar-refractivity contribution in [2.24, 2.45) is 5.92 Å². The normalized spacial score (nSPS) is 16.3. The minimum Gasteiger partial charge on any atom is -0.493 e. The summed E-state index contributed by atoms with van der Waals surface area (Å²) in [6.07, 6.45) is 4.98. The van der Waals surface area contributed by atoms with E-state index in [0.717, 1.165) is 40.7 Å². The number of ether oxygens (including phenoxy) is 2. The molecule has 1 amide bonds. The van der Waals surface area contributed by atoms with Crippen molar-refractivity contribution in [3.63, 3.8) is 0 Å². The first-order valence-electron chi connectivity index (χ1n) is 9.01. The summed E-state index contributed by atoms with van der Waals surface area (Å²) in [5.41, 5.74) is 2.83. The predicted octanol–water partition coefficient (Wildman–Crippen LogP) is 3.21. The Hall–Kier alpha value is -3.15. The number of benzene rings is 1. The molecule has 1 N–H and O–H groups in total. The highest BCUT2D eigenvalue weighted by atomic mass is 16.5. The van der Waals surface area contributed by atoms with Crippen molar-refractivity contribution >= 4 is 16.8 Å². The van der Waals surface area contributed by atoms with Gasteiger partial charge in [-0.15, -0.1) is 0 Å². The molecule has 1 saturated heterocycles. The topological polar surface area (TPSA) is 73.3 Å². The number of carbonyl (C=O) groups is 1. The predicted molar refractivity (Wildman–Crippen MR) is 103 cm³/mol. The van der Waals surface area contributed by atoms with Gasteiger partial charge in [0.05, 0.1) is 19.2 Å². The maximum absolute atomic E-state index is 11.3. The van der Waals surface area contributed by atoms with Crippen LogP contribution in [-0.2, 0) is 4.79 Å². The summed E-state index contributed by atoms with van der Waals surface area (Å²) in [6, 6.07) is 11.8. The summed E-state index contributed by atoms with van der Waals surface area (Å²) in [7, 11) is 1.60. The fourth-order valence-electron chi connectivity index (χ4n) is 3.31. The monoisotopic (exact) mass is 363 g/mol. The second-order valence-corrected chi connectivity index (χ2v) is 6.65. The highest BCUT2D eigenvalue weighted by Crippen LogP contribution is 2.32. The average Bonchev–Trinajstić information content (AvgIpc) is 3.13. The highest BCUT2D eigenvalue weighted by molar-refractivity contribution is 5.90. The van der Waals surface area contributed by atoms with Gasteiger partial charge in [-0.25, -0.2) is 4.98 Å². The number of methoxy groups -OCH3 is 1. The van der Waals surface area contributed by atoms with Gasteiger partial charge in [0.25, 0.3) is 0 Å². The maximum atomic E-state index is 11.3. The number of rotatable bonds is 6. The lowest BCUT2D eigenvalue weighted by Crippen LogP contribution is -2.14. The number of aromatic nitrogens is 2. The Kier molecular flexibility index (Phi) is 4.87. The first-order valence-corrected chi connectivity index (χ1v) is 9.01. The zero-order valence-corrected chi connectivity index (χ0v) is 15.1. The Morgan fingerprint density at radius 2 is 2.11 bits per heavy atom. The molecule has 138 valence electrons. The quantitative estimate of drug-likeness (QED) is 0.728. The first-order chi connectivity index (χ1) is 13.2. The summed E-state index contributed by atoms with van der Waals surface area (Å²) in [5.74, 6) is 1.84. The average molecular weight is 363 g/mol. The maximum Gasteiger partial charge on any atom is 0.220 e. The summed E-state index contributed by atoms with van der Waals surface area (Å²) in [5, 5.41) is 3.84. The third-order valence-electron chi connectivity index (χ3n) is 4.81. The second kappa shape index (κ2) is 7.61. The number of carbonyl (C=O) groups excluding carboxylic acids is 1. The van der Waals surface area contributed by atoms with Crippen molar-refractivity contribution in [1.29, 1.82) is 0 Å². The van der Waals surface area contributed by atoms with E-state index in [1.54, 1.807) is 19.5 Å². The van der Waals surface area contributed by atoms with Crippen LogP contribution in [0.1, 0.15) is 12.8 Å². The zero-order valence-electron chi connectivity index (χ0n) is 15.1. The number of hydrogen-bond donors (Lipinski definition) is 1. The molecular weight excluding hydrogens is 342 g/mol. The van der Waals surface area contributed by atoms with Crippen molar-refractivity contribution in [3.05, 3.63) is 48.8 Å².